The van der Waals surface area contributed by atoms with Gasteiger partial charge in [-0.1, -0.05) is 0 Å². The van der Waals surface area contributed by atoms with Crippen LogP contribution in [0.15, 0.2) is 23.3 Å². The minimum atomic E-state index is -0.406. The van der Waals surface area contributed by atoms with E-state index >= 15 is 0 Å². The standard InChI is InChI=1S/C10H7BFN2O2/c1-6-2-7-9(3-8(6)12)13-5-14(10(7)16)11-4-15/h2-5H,1H3. The van der Waals surface area contributed by atoms with E-state index in [1.165, 1.54) is 18.5 Å². The third kappa shape index (κ3) is 1.62. The van der Waals surface area contributed by atoms with Crippen LogP contribution in [0.25, 0.3) is 10.9 Å². The average molecular weight is 217 g/mol. The second-order valence-electron chi connectivity index (χ2n) is 3.36. The highest BCUT2D eigenvalue weighted by molar-refractivity contribution is 6.65. The van der Waals surface area contributed by atoms with Crippen molar-refractivity contribution in [3.8, 4) is 0 Å². The molecule has 0 amide bonds. The van der Waals surface area contributed by atoms with Gasteiger partial charge >= 0.3 is 7.41 Å². The van der Waals surface area contributed by atoms with Gasteiger partial charge in [0.05, 0.1) is 17.2 Å². The summed E-state index contributed by atoms with van der Waals surface area (Å²) in [4.78, 5) is 26.0. The molecule has 0 aliphatic rings. The minimum Gasteiger partial charge on any atom is -0.340 e. The third-order valence-electron chi connectivity index (χ3n) is 2.28. The third-order valence-corrected chi connectivity index (χ3v) is 2.28. The summed E-state index contributed by atoms with van der Waals surface area (Å²) in [5, 5.41) is 0.291. The molecule has 0 saturated heterocycles. The lowest BCUT2D eigenvalue weighted by Crippen LogP contribution is -2.25. The van der Waals surface area contributed by atoms with E-state index in [9.17, 15) is 14.0 Å². The number of aromatic nitrogens is 2. The largest absolute Gasteiger partial charge is 0.340 e. The topological polar surface area (TPSA) is 52.0 Å². The molecule has 0 atom stereocenters. The first-order valence-electron chi connectivity index (χ1n) is 4.59. The number of rotatable bonds is 2. The molecule has 0 aliphatic heterocycles. The molecule has 1 aromatic carbocycles. The zero-order valence-corrected chi connectivity index (χ0v) is 8.48. The van der Waals surface area contributed by atoms with Gasteiger partial charge < -0.3 is 9.27 Å². The van der Waals surface area contributed by atoms with Crippen LogP contribution in [0, 0.1) is 12.7 Å². The van der Waals surface area contributed by atoms with E-state index in [2.05, 4.69) is 4.98 Å². The van der Waals surface area contributed by atoms with Crippen molar-refractivity contribution >= 4 is 24.5 Å². The van der Waals surface area contributed by atoms with Crippen LogP contribution >= 0.6 is 0 Å². The highest BCUT2D eigenvalue weighted by atomic mass is 19.1. The Labute approximate surface area is 91.0 Å². The van der Waals surface area contributed by atoms with Crippen molar-refractivity contribution in [2.24, 2.45) is 0 Å². The first kappa shape index (κ1) is 10.5. The van der Waals surface area contributed by atoms with Gasteiger partial charge in [-0.3, -0.25) is 4.79 Å². The molecule has 0 unspecified atom stereocenters. The predicted molar refractivity (Wildman–Crippen MR) is 58.6 cm³/mol. The Balaban J connectivity index is 2.79. The molecule has 0 bridgehead atoms. The second kappa shape index (κ2) is 3.88. The Morgan fingerprint density at radius 1 is 1.50 bits per heavy atom. The molecule has 0 fully saturated rings. The van der Waals surface area contributed by atoms with Crippen LogP contribution in [-0.4, -0.2) is 23.1 Å². The maximum Gasteiger partial charge on any atom is 0.338 e. The molecule has 0 N–H and O–H groups in total. The molecule has 0 aliphatic carbocycles. The van der Waals surface area contributed by atoms with Crippen molar-refractivity contribution < 1.29 is 9.18 Å². The quantitative estimate of drug-likeness (QED) is 0.543. The normalized spacial score (nSPS) is 10.4. The Morgan fingerprint density at radius 3 is 2.94 bits per heavy atom. The lowest BCUT2D eigenvalue weighted by Gasteiger charge is -2.03. The van der Waals surface area contributed by atoms with E-state index in [1.807, 2.05) is 0 Å². The van der Waals surface area contributed by atoms with Gasteiger partial charge in [-0.15, -0.1) is 0 Å². The Kier molecular flexibility index (Phi) is 2.56. The molecule has 79 valence electrons. The highest BCUT2D eigenvalue weighted by Crippen LogP contribution is 2.13. The molecule has 4 nitrogen and oxygen atoms in total. The molecule has 0 spiro atoms. The molecule has 16 heavy (non-hydrogen) atoms. The van der Waals surface area contributed by atoms with Gasteiger partial charge in [0.2, 0.25) is 5.56 Å². The Bertz CT molecular complexity index is 624. The Morgan fingerprint density at radius 2 is 2.25 bits per heavy atom. The number of fused-ring (bicyclic) bond motifs is 1. The number of benzene rings is 1. The summed E-state index contributed by atoms with van der Waals surface area (Å²) in [7, 11) is 1.06. The minimum absolute atomic E-state index is 0.281. The fourth-order valence-corrected chi connectivity index (χ4v) is 1.44. The van der Waals surface area contributed by atoms with Gasteiger partial charge in [0, 0.05) is 6.07 Å². The number of hydrogen-bond acceptors (Lipinski definition) is 3. The van der Waals surface area contributed by atoms with Gasteiger partial charge in [0.1, 0.15) is 12.0 Å². The van der Waals surface area contributed by atoms with Crippen LogP contribution < -0.4 is 5.56 Å². The van der Waals surface area contributed by atoms with E-state index in [1.54, 1.807) is 6.92 Å². The van der Waals surface area contributed by atoms with Crippen LogP contribution in [0.4, 0.5) is 4.39 Å². The smallest absolute Gasteiger partial charge is 0.338 e. The molecule has 1 radical (unpaired) electrons. The van der Waals surface area contributed by atoms with E-state index in [0.717, 1.165) is 11.9 Å². The molecule has 0 saturated carbocycles. The van der Waals surface area contributed by atoms with E-state index in [-0.39, 0.29) is 11.1 Å². The van der Waals surface area contributed by atoms with E-state index in [0.29, 0.717) is 17.1 Å². The maximum absolute atomic E-state index is 13.2. The predicted octanol–water partition coefficient (Wildman–Crippen LogP) is 0.502. The first-order chi connectivity index (χ1) is 7.63. The summed E-state index contributed by atoms with van der Waals surface area (Å²) >= 11 is 0. The summed E-state index contributed by atoms with van der Waals surface area (Å²) in [5.74, 6) is -0.406. The van der Waals surface area contributed by atoms with Gasteiger partial charge in [0.25, 0.3) is 0 Å². The van der Waals surface area contributed by atoms with Crippen LogP contribution in [0.2, 0.25) is 0 Å². The monoisotopic (exact) mass is 217 g/mol. The average Bonchev–Trinajstić information content (AvgIpc) is 2.26. The summed E-state index contributed by atoms with van der Waals surface area (Å²) in [6, 6.07) is 2.63. The lowest BCUT2D eigenvalue weighted by atomic mass is 9.98. The molecule has 2 aromatic rings. The van der Waals surface area contributed by atoms with E-state index < -0.39 is 5.82 Å². The van der Waals surface area contributed by atoms with E-state index in [4.69, 9.17) is 0 Å². The summed E-state index contributed by atoms with van der Waals surface area (Å²) in [5.41, 5.74) is 0.263. The van der Waals surface area contributed by atoms with Crippen molar-refractivity contribution in [3.05, 3.63) is 40.2 Å². The van der Waals surface area contributed by atoms with Crippen molar-refractivity contribution in [3.63, 3.8) is 0 Å². The van der Waals surface area contributed by atoms with Crippen molar-refractivity contribution in [1.29, 1.82) is 0 Å². The number of carbonyl (C=O) groups excluding carboxylic acids is 1. The van der Waals surface area contributed by atoms with Crippen LogP contribution in [0.3, 0.4) is 0 Å². The lowest BCUT2D eigenvalue weighted by molar-refractivity contribution is 0.568. The molecular formula is C10H7BFN2O2. The van der Waals surface area contributed by atoms with Gasteiger partial charge in [-0.25, -0.2) is 9.37 Å². The van der Waals surface area contributed by atoms with Crippen molar-refractivity contribution in [2.75, 3.05) is 0 Å². The van der Waals surface area contributed by atoms with Crippen LogP contribution in [0.5, 0.6) is 0 Å². The fraction of sp³-hybridized carbons (Fsp3) is 0.100. The molecule has 1 heterocycles. The molecule has 6 heteroatoms. The summed E-state index contributed by atoms with van der Waals surface area (Å²) < 4.78 is 14.3. The molecule has 1 aromatic heterocycles. The number of aryl methyl sites for hydroxylation is 1. The highest BCUT2D eigenvalue weighted by Gasteiger charge is 2.07. The summed E-state index contributed by atoms with van der Waals surface area (Å²) in [6.07, 6.45) is 1.68. The second-order valence-corrected chi connectivity index (χ2v) is 3.36. The molecule has 2 rings (SSSR count). The SMILES string of the molecule is Cc1cc2c(=O)n([B]C=O)cnc2cc1F. The summed E-state index contributed by atoms with van der Waals surface area (Å²) in [6.45, 7) is 1.56. The first-order valence-corrected chi connectivity index (χ1v) is 4.59. The zero-order valence-electron chi connectivity index (χ0n) is 8.48. The maximum atomic E-state index is 13.2. The van der Waals surface area contributed by atoms with Crippen LogP contribution in [-0.2, 0) is 4.79 Å². The Hall–Kier alpha value is -1.98. The number of hydrogen-bond donors (Lipinski definition) is 0. The molecular weight excluding hydrogens is 210 g/mol. The van der Waals surface area contributed by atoms with Gasteiger partial charge in [-0.2, -0.15) is 0 Å². The number of nitrogens with zero attached hydrogens (tertiary/aromatic N) is 2. The van der Waals surface area contributed by atoms with Crippen LogP contribution in [0.1, 0.15) is 5.56 Å². The number of carbonyl (C=O) groups is 1. The number of halogens is 1. The van der Waals surface area contributed by atoms with Crippen molar-refractivity contribution in [2.45, 2.75) is 6.92 Å². The van der Waals surface area contributed by atoms with Gasteiger partial charge in [-0.05, 0) is 18.6 Å². The van der Waals surface area contributed by atoms with Crippen molar-refractivity contribution in [1.82, 2.24) is 9.46 Å². The fourth-order valence-electron chi connectivity index (χ4n) is 1.44. The zero-order chi connectivity index (χ0) is 11.7. The van der Waals surface area contributed by atoms with Gasteiger partial charge in [0.15, 0.2) is 0 Å².